The topological polar surface area (TPSA) is 66.6 Å². The smallest absolute Gasteiger partial charge is 0.433 e. The van der Waals surface area contributed by atoms with Crippen LogP contribution in [0.4, 0.5) is 18.9 Å². The summed E-state index contributed by atoms with van der Waals surface area (Å²) in [5.41, 5.74) is 4.51. The molecule has 110 valence electrons. The molecule has 0 spiro atoms. The summed E-state index contributed by atoms with van der Waals surface area (Å²) in [7, 11) is 0. The lowest BCUT2D eigenvalue weighted by atomic mass is 10.3. The third-order valence-electron chi connectivity index (χ3n) is 2.76. The number of pyridine rings is 1. The summed E-state index contributed by atoms with van der Waals surface area (Å²) in [6, 6.07) is 5.40. The first-order valence-electron chi connectivity index (χ1n) is 5.84. The van der Waals surface area contributed by atoms with Crippen molar-refractivity contribution in [3.63, 3.8) is 0 Å². The lowest BCUT2D eigenvalue weighted by Crippen LogP contribution is -2.08. The number of alkyl halides is 3. The van der Waals surface area contributed by atoms with E-state index in [-0.39, 0.29) is 24.0 Å². The number of halogens is 3. The summed E-state index contributed by atoms with van der Waals surface area (Å²) >= 11 is 0. The number of rotatable bonds is 2. The normalized spacial score (nSPS) is 13.3. The molecule has 2 N–H and O–H groups in total. The SMILES string of the molecule is Nc1cnc(C(F)(F)F)cc1Oc1ccc2c(c1)OCO2. The van der Waals surface area contributed by atoms with E-state index in [0.717, 1.165) is 12.3 Å². The highest BCUT2D eigenvalue weighted by Gasteiger charge is 2.33. The van der Waals surface area contributed by atoms with Crippen LogP contribution in [-0.4, -0.2) is 11.8 Å². The minimum absolute atomic E-state index is 0.000617. The highest BCUT2D eigenvalue weighted by atomic mass is 19.4. The third kappa shape index (κ3) is 2.64. The number of fused-ring (bicyclic) bond motifs is 1. The van der Waals surface area contributed by atoms with Crippen LogP contribution in [0.5, 0.6) is 23.0 Å². The van der Waals surface area contributed by atoms with Crippen LogP contribution in [0.3, 0.4) is 0 Å². The van der Waals surface area contributed by atoms with Crippen LogP contribution < -0.4 is 19.9 Å². The standard InChI is InChI=1S/C13H9F3N2O3/c14-13(15,16)12-4-10(8(17)5-18-12)21-7-1-2-9-11(3-7)20-6-19-9/h1-5H,6,17H2. The number of benzene rings is 1. The molecule has 0 atom stereocenters. The minimum Gasteiger partial charge on any atom is -0.455 e. The molecule has 1 aromatic carbocycles. The predicted molar refractivity (Wildman–Crippen MR) is 66.3 cm³/mol. The fraction of sp³-hybridized carbons (Fsp3) is 0.154. The van der Waals surface area contributed by atoms with Crippen LogP contribution in [0.15, 0.2) is 30.5 Å². The molecule has 0 amide bonds. The van der Waals surface area contributed by atoms with Gasteiger partial charge in [0.15, 0.2) is 17.2 Å². The number of nitrogens with two attached hydrogens (primary N) is 1. The highest BCUT2D eigenvalue weighted by molar-refractivity contribution is 5.54. The number of nitrogen functional groups attached to an aromatic ring is 1. The molecule has 5 nitrogen and oxygen atoms in total. The van der Waals surface area contributed by atoms with Gasteiger partial charge in [0.2, 0.25) is 6.79 Å². The molecule has 1 aliphatic heterocycles. The quantitative estimate of drug-likeness (QED) is 0.922. The Morgan fingerprint density at radius 2 is 1.90 bits per heavy atom. The first-order valence-corrected chi connectivity index (χ1v) is 5.84. The molecule has 2 heterocycles. The van der Waals surface area contributed by atoms with Crippen LogP contribution in [0.25, 0.3) is 0 Å². The molecule has 2 aromatic rings. The Morgan fingerprint density at radius 1 is 1.14 bits per heavy atom. The van der Waals surface area contributed by atoms with Crippen molar-refractivity contribution in [3.8, 4) is 23.0 Å². The van der Waals surface area contributed by atoms with E-state index in [4.69, 9.17) is 19.9 Å². The summed E-state index contributed by atoms with van der Waals surface area (Å²) in [6.07, 6.45) is -3.66. The van der Waals surface area contributed by atoms with Crippen LogP contribution in [0, 0.1) is 0 Å². The van der Waals surface area contributed by atoms with E-state index in [0.29, 0.717) is 11.5 Å². The molecular formula is C13H9F3N2O3. The lowest BCUT2D eigenvalue weighted by Gasteiger charge is -2.11. The van der Waals surface area contributed by atoms with E-state index >= 15 is 0 Å². The first kappa shape index (κ1) is 13.3. The second-order valence-electron chi connectivity index (χ2n) is 4.22. The molecule has 0 bridgehead atoms. The Morgan fingerprint density at radius 3 is 2.67 bits per heavy atom. The molecule has 0 aliphatic carbocycles. The number of anilines is 1. The van der Waals surface area contributed by atoms with Gasteiger partial charge in [-0.05, 0) is 12.1 Å². The number of aromatic nitrogens is 1. The maximum atomic E-state index is 12.6. The fourth-order valence-electron chi connectivity index (χ4n) is 1.76. The Kier molecular flexibility index (Phi) is 3.00. The third-order valence-corrected chi connectivity index (χ3v) is 2.76. The summed E-state index contributed by atoms with van der Waals surface area (Å²) in [5.74, 6) is 1.15. The molecule has 0 radical (unpaired) electrons. The Labute approximate surface area is 117 Å². The van der Waals surface area contributed by atoms with Crippen LogP contribution in [0.2, 0.25) is 0 Å². The molecule has 3 rings (SSSR count). The van der Waals surface area contributed by atoms with Crippen molar-refractivity contribution in [3.05, 3.63) is 36.2 Å². The van der Waals surface area contributed by atoms with Gasteiger partial charge in [0.05, 0.1) is 11.9 Å². The number of nitrogens with zero attached hydrogens (tertiary/aromatic N) is 1. The summed E-state index contributed by atoms with van der Waals surface area (Å²) in [5, 5.41) is 0. The molecule has 21 heavy (non-hydrogen) atoms. The maximum Gasteiger partial charge on any atom is 0.433 e. The van der Waals surface area contributed by atoms with Crippen molar-refractivity contribution in [2.24, 2.45) is 0 Å². The molecule has 0 unspecified atom stereocenters. The molecule has 1 aromatic heterocycles. The molecule has 0 fully saturated rings. The van der Waals surface area contributed by atoms with Crippen LogP contribution in [0.1, 0.15) is 5.69 Å². The second kappa shape index (κ2) is 4.72. The van der Waals surface area contributed by atoms with Crippen LogP contribution in [-0.2, 0) is 6.18 Å². The molecule has 0 saturated heterocycles. The van der Waals surface area contributed by atoms with Gasteiger partial charge in [0.25, 0.3) is 0 Å². The summed E-state index contributed by atoms with van der Waals surface area (Å²) < 4.78 is 53.5. The number of hydrogen-bond acceptors (Lipinski definition) is 5. The zero-order valence-corrected chi connectivity index (χ0v) is 10.5. The Bertz CT molecular complexity index is 689. The zero-order valence-electron chi connectivity index (χ0n) is 10.5. The lowest BCUT2D eigenvalue weighted by molar-refractivity contribution is -0.141. The van der Waals surface area contributed by atoms with Crippen molar-refractivity contribution in [1.29, 1.82) is 0 Å². The van der Waals surface area contributed by atoms with E-state index in [1.54, 1.807) is 12.1 Å². The first-order chi connectivity index (χ1) is 9.93. The van der Waals surface area contributed by atoms with Crippen molar-refractivity contribution < 1.29 is 27.4 Å². The average Bonchev–Trinajstić information content (AvgIpc) is 2.87. The Balaban J connectivity index is 1.91. The van der Waals surface area contributed by atoms with E-state index in [1.165, 1.54) is 6.07 Å². The van der Waals surface area contributed by atoms with E-state index in [2.05, 4.69) is 4.98 Å². The van der Waals surface area contributed by atoms with Gasteiger partial charge in [-0.3, -0.25) is 0 Å². The van der Waals surface area contributed by atoms with Crippen molar-refractivity contribution in [1.82, 2.24) is 4.98 Å². The van der Waals surface area contributed by atoms with E-state index < -0.39 is 11.9 Å². The number of ether oxygens (including phenoxy) is 3. The molecule has 8 heteroatoms. The van der Waals surface area contributed by atoms with Crippen molar-refractivity contribution >= 4 is 5.69 Å². The number of hydrogen-bond donors (Lipinski definition) is 1. The van der Waals surface area contributed by atoms with Gasteiger partial charge < -0.3 is 19.9 Å². The van der Waals surface area contributed by atoms with E-state index in [9.17, 15) is 13.2 Å². The van der Waals surface area contributed by atoms with Gasteiger partial charge >= 0.3 is 6.18 Å². The Hall–Kier alpha value is -2.64. The van der Waals surface area contributed by atoms with Gasteiger partial charge in [0.1, 0.15) is 11.4 Å². The van der Waals surface area contributed by atoms with Gasteiger partial charge in [-0.2, -0.15) is 13.2 Å². The minimum atomic E-state index is -4.57. The van der Waals surface area contributed by atoms with E-state index in [1.807, 2.05) is 0 Å². The van der Waals surface area contributed by atoms with Crippen molar-refractivity contribution in [2.45, 2.75) is 6.18 Å². The van der Waals surface area contributed by atoms with Gasteiger partial charge in [-0.15, -0.1) is 0 Å². The maximum absolute atomic E-state index is 12.6. The largest absolute Gasteiger partial charge is 0.455 e. The van der Waals surface area contributed by atoms with Gasteiger partial charge in [0, 0.05) is 12.1 Å². The fourth-order valence-corrected chi connectivity index (χ4v) is 1.76. The molecule has 0 saturated carbocycles. The van der Waals surface area contributed by atoms with Gasteiger partial charge in [-0.25, -0.2) is 4.98 Å². The molecule has 1 aliphatic rings. The molecular weight excluding hydrogens is 289 g/mol. The second-order valence-corrected chi connectivity index (χ2v) is 4.22. The highest BCUT2D eigenvalue weighted by Crippen LogP contribution is 2.38. The monoisotopic (exact) mass is 298 g/mol. The summed E-state index contributed by atoms with van der Waals surface area (Å²) in [6.45, 7) is 0.0917. The van der Waals surface area contributed by atoms with Crippen molar-refractivity contribution in [2.75, 3.05) is 12.5 Å². The predicted octanol–water partition coefficient (Wildman–Crippen LogP) is 3.20. The zero-order chi connectivity index (χ0) is 15.0. The summed E-state index contributed by atoms with van der Waals surface area (Å²) in [4.78, 5) is 3.23. The average molecular weight is 298 g/mol. The van der Waals surface area contributed by atoms with Crippen LogP contribution >= 0.6 is 0 Å². The van der Waals surface area contributed by atoms with Gasteiger partial charge in [-0.1, -0.05) is 0 Å².